The number of anilines is 1. The average Bonchev–Trinajstić information content (AvgIpc) is 2.68. The topological polar surface area (TPSA) is 82.5 Å². The first-order valence-corrected chi connectivity index (χ1v) is 8.53. The summed E-state index contributed by atoms with van der Waals surface area (Å²) < 4.78 is 12.1. The minimum atomic E-state index is -0.297. The lowest BCUT2D eigenvalue weighted by Crippen LogP contribution is -2.23. The van der Waals surface area contributed by atoms with Crippen molar-refractivity contribution >= 4 is 22.6 Å². The predicted octanol–water partition coefficient (Wildman–Crippen LogP) is 2.99. The molecule has 0 radical (unpaired) electrons. The third kappa shape index (κ3) is 3.48. The van der Waals surface area contributed by atoms with Crippen molar-refractivity contribution in [2.75, 3.05) is 19.5 Å². The highest BCUT2D eigenvalue weighted by atomic mass is 16.5. The summed E-state index contributed by atoms with van der Waals surface area (Å²) in [6.07, 6.45) is 0. The number of aryl methyl sites for hydroxylation is 2. The van der Waals surface area contributed by atoms with Gasteiger partial charge in [-0.25, -0.2) is 4.98 Å². The molecule has 140 valence electrons. The molecule has 2 aromatic carbocycles. The summed E-state index contributed by atoms with van der Waals surface area (Å²) in [6, 6.07) is 10.3. The van der Waals surface area contributed by atoms with Crippen LogP contribution in [0.1, 0.15) is 23.0 Å². The molecule has 0 fully saturated rings. The van der Waals surface area contributed by atoms with Crippen LogP contribution in [0.5, 0.6) is 11.5 Å². The monoisotopic (exact) mass is 367 g/mol. The molecule has 7 heteroatoms. The Morgan fingerprint density at radius 1 is 1.15 bits per heavy atom. The van der Waals surface area contributed by atoms with Gasteiger partial charge in [0.05, 0.1) is 30.9 Å². The number of nitrogens with one attached hydrogen (secondary N) is 1. The fourth-order valence-electron chi connectivity index (χ4n) is 2.93. The van der Waals surface area contributed by atoms with E-state index in [0.29, 0.717) is 46.0 Å². The van der Waals surface area contributed by atoms with E-state index in [2.05, 4.69) is 10.3 Å². The van der Waals surface area contributed by atoms with E-state index < -0.39 is 0 Å². The van der Waals surface area contributed by atoms with Crippen molar-refractivity contribution in [3.05, 3.63) is 58.0 Å². The van der Waals surface area contributed by atoms with E-state index in [-0.39, 0.29) is 11.5 Å². The lowest BCUT2D eigenvalue weighted by molar-refractivity contribution is 0.102. The molecule has 1 aromatic heterocycles. The Hall–Kier alpha value is -3.35. The molecule has 0 saturated carbocycles. The van der Waals surface area contributed by atoms with Crippen molar-refractivity contribution in [1.29, 1.82) is 0 Å². The Labute approximate surface area is 156 Å². The molecule has 0 aliphatic rings. The van der Waals surface area contributed by atoms with Crippen LogP contribution in [0.4, 0.5) is 5.69 Å². The van der Waals surface area contributed by atoms with Gasteiger partial charge in [-0.05, 0) is 44.2 Å². The molecule has 0 aliphatic heterocycles. The number of aromatic nitrogens is 2. The molecule has 0 unspecified atom stereocenters. The molecule has 7 nitrogen and oxygen atoms in total. The number of nitrogens with zero attached hydrogens (tertiary/aromatic N) is 2. The summed E-state index contributed by atoms with van der Waals surface area (Å²) >= 11 is 0. The molecule has 0 bridgehead atoms. The Balaban J connectivity index is 1.97. The summed E-state index contributed by atoms with van der Waals surface area (Å²) in [5, 5.41) is 2.83. The van der Waals surface area contributed by atoms with Crippen molar-refractivity contribution in [3.63, 3.8) is 0 Å². The average molecular weight is 367 g/mol. The number of methoxy groups -OCH3 is 2. The van der Waals surface area contributed by atoms with Gasteiger partial charge < -0.3 is 19.4 Å². The van der Waals surface area contributed by atoms with E-state index in [1.54, 1.807) is 55.0 Å². The number of rotatable bonds is 5. The maximum absolute atomic E-state index is 12.7. The predicted molar refractivity (Wildman–Crippen MR) is 104 cm³/mol. The number of hydrogen-bond acceptors (Lipinski definition) is 5. The fourth-order valence-corrected chi connectivity index (χ4v) is 2.93. The highest BCUT2D eigenvalue weighted by molar-refractivity contribution is 6.06. The Morgan fingerprint density at radius 3 is 2.59 bits per heavy atom. The van der Waals surface area contributed by atoms with Crippen molar-refractivity contribution in [3.8, 4) is 11.5 Å². The van der Waals surface area contributed by atoms with Crippen LogP contribution in [0.3, 0.4) is 0 Å². The van der Waals surface area contributed by atoms with Gasteiger partial charge in [-0.3, -0.25) is 9.59 Å². The first kappa shape index (κ1) is 18.4. The molecule has 1 N–H and O–H groups in total. The SMILES string of the molecule is CCn1c(=O)c(C)nc2cc(C(=O)Nc3ccc(OC)cc3OC)ccc21. The second-order valence-electron chi connectivity index (χ2n) is 5.97. The lowest BCUT2D eigenvalue weighted by atomic mass is 10.1. The van der Waals surface area contributed by atoms with E-state index in [0.717, 1.165) is 0 Å². The van der Waals surface area contributed by atoms with Crippen LogP contribution in [-0.2, 0) is 6.54 Å². The van der Waals surface area contributed by atoms with Gasteiger partial charge in [0.2, 0.25) is 0 Å². The first-order chi connectivity index (χ1) is 13.0. The standard InChI is InChI=1S/C20H21N3O4/c1-5-23-17-9-6-13(10-16(17)21-12(2)20(23)25)19(24)22-15-8-7-14(26-3)11-18(15)27-4/h6-11H,5H2,1-4H3,(H,22,24). The van der Waals surface area contributed by atoms with E-state index >= 15 is 0 Å². The van der Waals surface area contributed by atoms with Crippen molar-refractivity contribution in [1.82, 2.24) is 9.55 Å². The minimum Gasteiger partial charge on any atom is -0.497 e. The fraction of sp³-hybridized carbons (Fsp3) is 0.250. The van der Waals surface area contributed by atoms with Gasteiger partial charge in [-0.2, -0.15) is 0 Å². The molecule has 0 aliphatic carbocycles. The zero-order valence-electron chi connectivity index (χ0n) is 15.7. The Kier molecular flexibility index (Phi) is 5.12. The molecule has 0 atom stereocenters. The summed E-state index contributed by atoms with van der Waals surface area (Å²) in [5.74, 6) is 0.833. The van der Waals surface area contributed by atoms with Gasteiger partial charge in [0.15, 0.2) is 0 Å². The molecule has 1 amide bonds. The van der Waals surface area contributed by atoms with Gasteiger partial charge in [0.25, 0.3) is 11.5 Å². The summed E-state index contributed by atoms with van der Waals surface area (Å²) in [6.45, 7) is 4.10. The first-order valence-electron chi connectivity index (χ1n) is 8.53. The smallest absolute Gasteiger partial charge is 0.272 e. The molecule has 27 heavy (non-hydrogen) atoms. The van der Waals surface area contributed by atoms with E-state index in [1.807, 2.05) is 6.92 Å². The van der Waals surface area contributed by atoms with Gasteiger partial charge in [-0.1, -0.05) is 0 Å². The normalized spacial score (nSPS) is 10.7. The van der Waals surface area contributed by atoms with E-state index in [4.69, 9.17) is 9.47 Å². The summed E-state index contributed by atoms with van der Waals surface area (Å²) in [4.78, 5) is 29.2. The number of carbonyl (C=O) groups excluding carboxylic acids is 1. The molecule has 1 heterocycles. The van der Waals surface area contributed by atoms with Crippen LogP contribution in [0.15, 0.2) is 41.2 Å². The molecule has 0 saturated heterocycles. The van der Waals surface area contributed by atoms with E-state index in [9.17, 15) is 9.59 Å². The minimum absolute atomic E-state index is 0.120. The molecule has 3 rings (SSSR count). The zero-order valence-corrected chi connectivity index (χ0v) is 15.7. The molecular weight excluding hydrogens is 346 g/mol. The maximum atomic E-state index is 12.7. The summed E-state index contributed by atoms with van der Waals surface area (Å²) in [7, 11) is 3.09. The Morgan fingerprint density at radius 2 is 1.93 bits per heavy atom. The van der Waals surface area contributed by atoms with Crippen molar-refractivity contribution in [2.45, 2.75) is 20.4 Å². The highest BCUT2D eigenvalue weighted by Gasteiger charge is 2.13. The Bertz CT molecular complexity index is 1070. The number of carbonyl (C=O) groups is 1. The zero-order chi connectivity index (χ0) is 19.6. The molecule has 3 aromatic rings. The van der Waals surface area contributed by atoms with Crippen molar-refractivity contribution < 1.29 is 14.3 Å². The van der Waals surface area contributed by atoms with Crippen LogP contribution in [0.2, 0.25) is 0 Å². The second kappa shape index (κ2) is 7.49. The number of ether oxygens (including phenoxy) is 2. The second-order valence-corrected chi connectivity index (χ2v) is 5.97. The highest BCUT2D eigenvalue weighted by Crippen LogP contribution is 2.29. The molecular formula is C20H21N3O4. The number of benzene rings is 2. The third-order valence-corrected chi connectivity index (χ3v) is 4.34. The van der Waals surface area contributed by atoms with Crippen LogP contribution in [0, 0.1) is 6.92 Å². The molecule has 0 spiro atoms. The number of amides is 1. The van der Waals surface area contributed by atoms with Crippen LogP contribution >= 0.6 is 0 Å². The van der Waals surface area contributed by atoms with Crippen molar-refractivity contribution in [2.24, 2.45) is 0 Å². The van der Waals surface area contributed by atoms with Crippen LogP contribution < -0.4 is 20.3 Å². The number of hydrogen-bond donors (Lipinski definition) is 1. The largest absolute Gasteiger partial charge is 0.497 e. The van der Waals surface area contributed by atoms with Gasteiger partial charge in [0.1, 0.15) is 17.2 Å². The van der Waals surface area contributed by atoms with Crippen LogP contribution in [0.25, 0.3) is 11.0 Å². The van der Waals surface area contributed by atoms with E-state index in [1.165, 1.54) is 7.11 Å². The van der Waals surface area contributed by atoms with Gasteiger partial charge in [0, 0.05) is 18.2 Å². The summed E-state index contributed by atoms with van der Waals surface area (Å²) in [5.41, 5.74) is 2.55. The lowest BCUT2D eigenvalue weighted by Gasteiger charge is -2.13. The van der Waals surface area contributed by atoms with Gasteiger partial charge in [-0.15, -0.1) is 0 Å². The number of fused-ring (bicyclic) bond motifs is 1. The third-order valence-electron chi connectivity index (χ3n) is 4.34. The van der Waals surface area contributed by atoms with Crippen LogP contribution in [-0.4, -0.2) is 29.7 Å². The quantitative estimate of drug-likeness (QED) is 0.750. The maximum Gasteiger partial charge on any atom is 0.272 e. The van der Waals surface area contributed by atoms with Gasteiger partial charge >= 0.3 is 0 Å².